The molecule has 3 aromatic rings. The third-order valence-corrected chi connectivity index (χ3v) is 6.66. The maximum absolute atomic E-state index is 13.3. The molecule has 1 atom stereocenters. The van der Waals surface area contributed by atoms with E-state index >= 15 is 0 Å². The van der Waals surface area contributed by atoms with Crippen LogP contribution in [0.5, 0.6) is 11.5 Å². The minimum Gasteiger partial charge on any atom is -0.497 e. The van der Waals surface area contributed by atoms with E-state index in [2.05, 4.69) is 35.1 Å². The summed E-state index contributed by atoms with van der Waals surface area (Å²) in [4.78, 5) is 18.2. The van der Waals surface area contributed by atoms with Gasteiger partial charge < -0.3 is 14.8 Å². The van der Waals surface area contributed by atoms with Crippen molar-refractivity contribution in [3.8, 4) is 22.9 Å². The third kappa shape index (κ3) is 3.93. The van der Waals surface area contributed by atoms with Gasteiger partial charge in [0.2, 0.25) is 5.95 Å². The van der Waals surface area contributed by atoms with E-state index in [9.17, 15) is 4.79 Å². The predicted molar refractivity (Wildman–Crippen MR) is 130 cm³/mol. The van der Waals surface area contributed by atoms with Crippen LogP contribution in [0.3, 0.4) is 0 Å². The summed E-state index contributed by atoms with van der Waals surface area (Å²) in [5, 5.41) is 8.27. The summed E-state index contributed by atoms with van der Waals surface area (Å²) >= 11 is 3.51. The van der Waals surface area contributed by atoms with Gasteiger partial charge in [0.15, 0.2) is 11.6 Å². The van der Waals surface area contributed by atoms with Crippen LogP contribution < -0.4 is 14.8 Å². The van der Waals surface area contributed by atoms with E-state index in [1.54, 1.807) is 14.2 Å². The topological polar surface area (TPSA) is 78.3 Å². The molecule has 7 nitrogen and oxygen atoms in total. The highest BCUT2D eigenvalue weighted by Gasteiger charge is 2.41. The van der Waals surface area contributed by atoms with Gasteiger partial charge in [-0.3, -0.25) is 4.79 Å². The van der Waals surface area contributed by atoms with Crippen LogP contribution >= 0.6 is 15.9 Å². The van der Waals surface area contributed by atoms with E-state index in [-0.39, 0.29) is 17.2 Å². The van der Waals surface area contributed by atoms with Crippen LogP contribution in [-0.2, 0) is 4.79 Å². The zero-order valence-electron chi connectivity index (χ0n) is 19.0. The molecule has 0 bridgehead atoms. The van der Waals surface area contributed by atoms with E-state index in [0.717, 1.165) is 33.3 Å². The van der Waals surface area contributed by atoms with Crippen molar-refractivity contribution in [3.05, 3.63) is 63.8 Å². The fraction of sp³-hybridized carbons (Fsp3) is 0.320. The molecule has 5 rings (SSSR count). The summed E-state index contributed by atoms with van der Waals surface area (Å²) in [6.07, 6.45) is 1.28. The number of allylic oxidation sites excluding steroid dienone is 2. The Morgan fingerprint density at radius 3 is 2.36 bits per heavy atom. The van der Waals surface area contributed by atoms with Crippen molar-refractivity contribution in [2.45, 2.75) is 32.7 Å². The molecule has 0 amide bonds. The lowest BCUT2D eigenvalue weighted by Crippen LogP contribution is -2.36. The smallest absolute Gasteiger partial charge is 0.226 e. The van der Waals surface area contributed by atoms with Crippen molar-refractivity contribution in [3.63, 3.8) is 0 Å². The first kappa shape index (κ1) is 21.7. The Morgan fingerprint density at radius 1 is 1.06 bits per heavy atom. The molecule has 0 saturated heterocycles. The molecule has 0 spiro atoms. The van der Waals surface area contributed by atoms with Crippen LogP contribution in [0.2, 0.25) is 0 Å². The minimum atomic E-state index is -0.346. The van der Waals surface area contributed by atoms with Crippen LogP contribution in [0.4, 0.5) is 5.95 Å². The van der Waals surface area contributed by atoms with E-state index in [0.29, 0.717) is 29.7 Å². The maximum Gasteiger partial charge on any atom is 0.226 e. The highest BCUT2D eigenvalue weighted by Crippen LogP contribution is 2.46. The second kappa shape index (κ2) is 8.02. The van der Waals surface area contributed by atoms with Crippen molar-refractivity contribution in [2.24, 2.45) is 5.41 Å². The van der Waals surface area contributed by atoms with Gasteiger partial charge >= 0.3 is 0 Å². The number of ether oxygens (including phenoxy) is 2. The van der Waals surface area contributed by atoms with Crippen LogP contribution in [0.15, 0.2) is 58.2 Å². The number of nitrogens with zero attached hydrogens (tertiary/aromatic N) is 3. The number of methoxy groups -OCH3 is 2. The fourth-order valence-electron chi connectivity index (χ4n) is 4.62. The maximum atomic E-state index is 13.3. The molecule has 8 heteroatoms. The second-order valence-electron chi connectivity index (χ2n) is 9.22. The van der Waals surface area contributed by atoms with Crippen molar-refractivity contribution in [1.82, 2.24) is 14.8 Å². The number of nitrogens with one attached hydrogen (secondary N) is 1. The first-order valence-electron chi connectivity index (χ1n) is 10.8. The number of Topliss-reactive ketones (excluding diaryl/α,β-unsaturated/α-hetero) is 1. The number of benzene rings is 2. The van der Waals surface area contributed by atoms with E-state index in [1.807, 2.05) is 47.1 Å². The largest absolute Gasteiger partial charge is 0.497 e. The van der Waals surface area contributed by atoms with Gasteiger partial charge in [-0.05, 0) is 41.7 Å². The van der Waals surface area contributed by atoms with Crippen molar-refractivity contribution in [2.75, 3.05) is 19.5 Å². The van der Waals surface area contributed by atoms with Crippen LogP contribution in [-0.4, -0.2) is 34.8 Å². The van der Waals surface area contributed by atoms with Gasteiger partial charge in [-0.2, -0.15) is 4.98 Å². The normalized spacial score (nSPS) is 18.9. The number of carbonyl (C=O) groups is 1. The summed E-state index contributed by atoms with van der Waals surface area (Å²) in [5.74, 6) is 2.60. The van der Waals surface area contributed by atoms with Crippen LogP contribution in [0.1, 0.15) is 38.3 Å². The molecular formula is C25H25BrN4O3. The lowest BCUT2D eigenvalue weighted by atomic mass is 9.73. The summed E-state index contributed by atoms with van der Waals surface area (Å²) in [6, 6.07) is 13.2. The monoisotopic (exact) mass is 508 g/mol. The number of ketones is 1. The number of anilines is 1. The molecule has 1 aromatic heterocycles. The zero-order chi connectivity index (χ0) is 23.3. The van der Waals surface area contributed by atoms with Gasteiger partial charge in [-0.1, -0.05) is 41.9 Å². The Hall–Kier alpha value is -3.13. The van der Waals surface area contributed by atoms with E-state index < -0.39 is 0 Å². The van der Waals surface area contributed by atoms with Crippen molar-refractivity contribution < 1.29 is 14.3 Å². The molecule has 2 aliphatic rings. The Bertz CT molecular complexity index is 1260. The molecule has 33 heavy (non-hydrogen) atoms. The number of hydrogen-bond acceptors (Lipinski definition) is 6. The number of hydrogen-bond donors (Lipinski definition) is 1. The number of rotatable bonds is 4. The molecule has 2 heterocycles. The molecular weight excluding hydrogens is 484 g/mol. The minimum absolute atomic E-state index is 0.113. The summed E-state index contributed by atoms with van der Waals surface area (Å²) in [5.41, 5.74) is 3.34. The Kier molecular flexibility index (Phi) is 5.28. The van der Waals surface area contributed by atoms with Gasteiger partial charge in [0.05, 0.1) is 14.2 Å². The quantitative estimate of drug-likeness (QED) is 0.509. The first-order chi connectivity index (χ1) is 15.8. The van der Waals surface area contributed by atoms with Gasteiger partial charge in [0.1, 0.15) is 17.5 Å². The zero-order valence-corrected chi connectivity index (χ0v) is 20.6. The highest BCUT2D eigenvalue weighted by atomic mass is 79.9. The summed E-state index contributed by atoms with van der Waals surface area (Å²) < 4.78 is 13.6. The first-order valence-corrected chi connectivity index (χ1v) is 11.6. The van der Waals surface area contributed by atoms with Crippen LogP contribution in [0, 0.1) is 5.41 Å². The van der Waals surface area contributed by atoms with Gasteiger partial charge in [0, 0.05) is 33.8 Å². The van der Waals surface area contributed by atoms with Crippen molar-refractivity contribution in [1.29, 1.82) is 0 Å². The van der Waals surface area contributed by atoms with Crippen molar-refractivity contribution >= 4 is 27.7 Å². The molecule has 1 aliphatic carbocycles. The number of halogens is 1. The average molecular weight is 509 g/mol. The summed E-state index contributed by atoms with van der Waals surface area (Å²) in [7, 11) is 3.22. The Labute approximate surface area is 200 Å². The lowest BCUT2D eigenvalue weighted by Gasteiger charge is -2.38. The highest BCUT2D eigenvalue weighted by molar-refractivity contribution is 9.10. The second-order valence-corrected chi connectivity index (χ2v) is 10.1. The lowest BCUT2D eigenvalue weighted by molar-refractivity contribution is -0.118. The molecule has 0 fully saturated rings. The SMILES string of the molecule is COc1cc(OC)cc(-c2nc3n(n2)C(c2ccc(Br)cc2)C2=C(CC(C)(C)CC2=O)N3)c1. The van der Waals surface area contributed by atoms with E-state index in [4.69, 9.17) is 19.6 Å². The third-order valence-electron chi connectivity index (χ3n) is 6.13. The Morgan fingerprint density at radius 2 is 1.73 bits per heavy atom. The molecule has 1 N–H and O–H groups in total. The number of fused-ring (bicyclic) bond motifs is 1. The standard InChI is InChI=1S/C25H25BrN4O3/c1-25(2)12-19-21(20(31)13-25)22(14-5-7-16(26)8-6-14)30-24(27-19)28-23(29-30)15-9-17(32-3)11-18(10-15)33-4/h5-11,22H,12-13H2,1-4H3,(H,27,28,29). The Balaban J connectivity index is 1.67. The average Bonchev–Trinajstić information content (AvgIpc) is 3.21. The van der Waals surface area contributed by atoms with E-state index in [1.165, 1.54) is 0 Å². The predicted octanol–water partition coefficient (Wildman–Crippen LogP) is 5.38. The molecule has 0 radical (unpaired) electrons. The molecule has 2 aromatic carbocycles. The molecule has 170 valence electrons. The van der Waals surface area contributed by atoms with Crippen LogP contribution in [0.25, 0.3) is 11.4 Å². The number of aromatic nitrogens is 3. The fourth-order valence-corrected chi connectivity index (χ4v) is 4.89. The molecule has 0 saturated carbocycles. The van der Waals surface area contributed by atoms with Gasteiger partial charge in [-0.15, -0.1) is 5.10 Å². The summed E-state index contributed by atoms with van der Waals surface area (Å²) in [6.45, 7) is 4.25. The van der Waals surface area contributed by atoms with Gasteiger partial charge in [-0.25, -0.2) is 4.68 Å². The number of carbonyl (C=O) groups excluding carboxylic acids is 1. The van der Waals surface area contributed by atoms with Gasteiger partial charge in [0.25, 0.3) is 0 Å². The molecule has 1 unspecified atom stereocenters. The molecule has 1 aliphatic heterocycles.